The van der Waals surface area contributed by atoms with Crippen molar-refractivity contribution in [2.75, 3.05) is 13.1 Å². The Morgan fingerprint density at radius 1 is 1.15 bits per heavy atom. The number of nitrogens with zero attached hydrogens (tertiary/aromatic N) is 4. The zero-order valence-corrected chi connectivity index (χ0v) is 16.1. The summed E-state index contributed by atoms with van der Waals surface area (Å²) in [6.45, 7) is 4.53. The van der Waals surface area contributed by atoms with Gasteiger partial charge in [-0.3, -0.25) is 9.36 Å². The van der Waals surface area contributed by atoms with Crippen molar-refractivity contribution < 1.29 is 9.21 Å². The number of likely N-dealkylation sites (tertiary alicyclic amines) is 1. The van der Waals surface area contributed by atoms with Gasteiger partial charge >= 0.3 is 0 Å². The highest BCUT2D eigenvalue weighted by Crippen LogP contribution is 2.28. The van der Waals surface area contributed by atoms with Crippen LogP contribution in [-0.4, -0.2) is 38.7 Å². The third kappa shape index (κ3) is 3.64. The van der Waals surface area contributed by atoms with E-state index >= 15 is 0 Å². The minimum Gasteiger partial charge on any atom is -0.461 e. The number of amides is 1. The molecule has 1 amide bonds. The molecule has 140 valence electrons. The summed E-state index contributed by atoms with van der Waals surface area (Å²) < 4.78 is 7.50. The van der Waals surface area contributed by atoms with Crippen LogP contribution in [0.15, 0.2) is 52.2 Å². The average molecular weight is 382 g/mol. The molecule has 0 radical (unpaired) electrons. The van der Waals surface area contributed by atoms with E-state index in [4.69, 9.17) is 4.42 Å². The van der Waals surface area contributed by atoms with Crippen molar-refractivity contribution in [1.29, 1.82) is 0 Å². The molecule has 1 aliphatic heterocycles. The zero-order valence-electron chi connectivity index (χ0n) is 15.3. The monoisotopic (exact) mass is 382 g/mol. The van der Waals surface area contributed by atoms with Gasteiger partial charge in [-0.1, -0.05) is 30.0 Å². The van der Waals surface area contributed by atoms with Gasteiger partial charge in [0, 0.05) is 31.0 Å². The Morgan fingerprint density at radius 2 is 1.96 bits per heavy atom. The van der Waals surface area contributed by atoms with E-state index in [-0.39, 0.29) is 5.91 Å². The molecule has 0 bridgehead atoms. The third-order valence-electron chi connectivity index (χ3n) is 4.77. The van der Waals surface area contributed by atoms with E-state index in [1.807, 2.05) is 45.9 Å². The summed E-state index contributed by atoms with van der Waals surface area (Å²) in [5, 5.41) is 9.44. The second kappa shape index (κ2) is 8.00. The van der Waals surface area contributed by atoms with Gasteiger partial charge in [0.2, 0.25) is 0 Å². The van der Waals surface area contributed by atoms with Crippen molar-refractivity contribution in [3.05, 3.63) is 53.8 Å². The smallest absolute Gasteiger partial charge is 0.254 e. The molecule has 0 aliphatic carbocycles. The summed E-state index contributed by atoms with van der Waals surface area (Å²) in [7, 11) is 0. The lowest BCUT2D eigenvalue weighted by Crippen LogP contribution is -2.28. The molecule has 1 aromatic carbocycles. The van der Waals surface area contributed by atoms with Crippen LogP contribution in [0, 0.1) is 0 Å². The summed E-state index contributed by atoms with van der Waals surface area (Å²) in [5.74, 6) is 2.25. The van der Waals surface area contributed by atoms with Gasteiger partial charge in [0.25, 0.3) is 5.91 Å². The number of rotatable bonds is 6. The Hall–Kier alpha value is -2.54. The largest absolute Gasteiger partial charge is 0.461 e. The van der Waals surface area contributed by atoms with E-state index in [0.29, 0.717) is 11.5 Å². The predicted octanol–water partition coefficient (Wildman–Crippen LogP) is 4.09. The Balaban J connectivity index is 1.54. The number of furan rings is 1. The molecular weight excluding hydrogens is 360 g/mol. The van der Waals surface area contributed by atoms with Crippen LogP contribution in [0.1, 0.15) is 35.7 Å². The van der Waals surface area contributed by atoms with Crippen LogP contribution in [-0.2, 0) is 12.3 Å². The van der Waals surface area contributed by atoms with Crippen LogP contribution in [0.4, 0.5) is 0 Å². The summed E-state index contributed by atoms with van der Waals surface area (Å²) >= 11 is 1.59. The van der Waals surface area contributed by atoms with Gasteiger partial charge in [0.05, 0.1) is 6.26 Å². The topological polar surface area (TPSA) is 64.2 Å². The van der Waals surface area contributed by atoms with Crippen LogP contribution >= 0.6 is 11.8 Å². The SMILES string of the molecule is CCn1c(SCc2ccccc2C(=O)N2CCCC2)nnc1-c1ccco1. The zero-order chi connectivity index (χ0) is 18.6. The number of carbonyl (C=O) groups excluding carboxylic acids is 1. The molecule has 1 fully saturated rings. The van der Waals surface area contributed by atoms with Crippen LogP contribution in [0.25, 0.3) is 11.6 Å². The van der Waals surface area contributed by atoms with E-state index in [1.165, 1.54) is 0 Å². The summed E-state index contributed by atoms with van der Waals surface area (Å²) in [5.41, 5.74) is 1.82. The molecular formula is C20H22N4O2S. The van der Waals surface area contributed by atoms with E-state index in [9.17, 15) is 4.79 Å². The molecule has 3 aromatic rings. The fourth-order valence-corrected chi connectivity index (χ4v) is 4.36. The van der Waals surface area contributed by atoms with E-state index in [2.05, 4.69) is 17.1 Å². The van der Waals surface area contributed by atoms with Gasteiger partial charge in [0.15, 0.2) is 16.7 Å². The van der Waals surface area contributed by atoms with Crippen molar-refractivity contribution in [2.24, 2.45) is 0 Å². The first-order valence-corrected chi connectivity index (χ1v) is 10.2. The lowest BCUT2D eigenvalue weighted by atomic mass is 10.1. The fraction of sp³-hybridized carbons (Fsp3) is 0.350. The maximum Gasteiger partial charge on any atom is 0.254 e. The van der Waals surface area contributed by atoms with Crippen LogP contribution < -0.4 is 0 Å². The van der Waals surface area contributed by atoms with Gasteiger partial charge in [-0.05, 0) is 43.5 Å². The van der Waals surface area contributed by atoms with Gasteiger partial charge in [-0.15, -0.1) is 10.2 Å². The normalized spacial score (nSPS) is 14.0. The number of hydrogen-bond donors (Lipinski definition) is 0. The molecule has 0 spiro atoms. The van der Waals surface area contributed by atoms with Crippen LogP contribution in [0.3, 0.4) is 0 Å². The van der Waals surface area contributed by atoms with Gasteiger partial charge < -0.3 is 9.32 Å². The molecule has 0 atom stereocenters. The first-order chi connectivity index (χ1) is 13.3. The third-order valence-corrected chi connectivity index (χ3v) is 5.79. The predicted molar refractivity (Wildman–Crippen MR) is 105 cm³/mol. The number of carbonyl (C=O) groups is 1. The Labute approximate surface area is 162 Å². The van der Waals surface area contributed by atoms with Crippen LogP contribution in [0.5, 0.6) is 0 Å². The molecule has 6 nitrogen and oxygen atoms in total. The lowest BCUT2D eigenvalue weighted by Gasteiger charge is -2.17. The summed E-state index contributed by atoms with van der Waals surface area (Å²) in [6, 6.07) is 11.6. The van der Waals surface area contributed by atoms with E-state index in [1.54, 1.807) is 18.0 Å². The molecule has 3 heterocycles. The average Bonchev–Trinajstić information content (AvgIpc) is 3.47. The fourth-order valence-electron chi connectivity index (χ4n) is 3.36. The van der Waals surface area contributed by atoms with Crippen molar-refractivity contribution >= 4 is 17.7 Å². The highest BCUT2D eigenvalue weighted by atomic mass is 32.2. The summed E-state index contributed by atoms with van der Waals surface area (Å²) in [4.78, 5) is 14.8. The molecule has 1 aliphatic rings. The van der Waals surface area contributed by atoms with Crippen LogP contribution in [0.2, 0.25) is 0 Å². The van der Waals surface area contributed by atoms with E-state index < -0.39 is 0 Å². The molecule has 0 saturated carbocycles. The molecule has 0 N–H and O–H groups in total. The van der Waals surface area contributed by atoms with Gasteiger partial charge in [0.1, 0.15) is 0 Å². The van der Waals surface area contributed by atoms with E-state index in [0.717, 1.165) is 54.6 Å². The highest BCUT2D eigenvalue weighted by molar-refractivity contribution is 7.98. The molecule has 4 rings (SSSR count). The molecule has 1 saturated heterocycles. The molecule has 7 heteroatoms. The second-order valence-electron chi connectivity index (χ2n) is 6.47. The Morgan fingerprint density at radius 3 is 2.70 bits per heavy atom. The quantitative estimate of drug-likeness (QED) is 0.601. The molecule has 2 aromatic heterocycles. The minimum atomic E-state index is 0.136. The molecule has 27 heavy (non-hydrogen) atoms. The standard InChI is InChI=1S/C20H22N4O2S/c1-2-24-18(17-10-7-13-26-17)21-22-20(24)27-14-15-8-3-4-9-16(15)19(25)23-11-5-6-12-23/h3-4,7-10,13H,2,5-6,11-12,14H2,1H3. The van der Waals surface area contributed by atoms with Gasteiger partial charge in [-0.2, -0.15) is 0 Å². The summed E-state index contributed by atoms with van der Waals surface area (Å²) in [6.07, 6.45) is 3.83. The number of thioether (sulfide) groups is 1. The minimum absolute atomic E-state index is 0.136. The molecule has 0 unspecified atom stereocenters. The van der Waals surface area contributed by atoms with Crippen molar-refractivity contribution in [2.45, 2.75) is 37.2 Å². The maximum absolute atomic E-state index is 12.8. The number of benzene rings is 1. The Kier molecular flexibility index (Phi) is 5.29. The Bertz CT molecular complexity index is 914. The van der Waals surface area contributed by atoms with Crippen molar-refractivity contribution in [3.8, 4) is 11.6 Å². The first-order valence-electron chi connectivity index (χ1n) is 9.25. The number of hydrogen-bond acceptors (Lipinski definition) is 5. The van der Waals surface area contributed by atoms with Crippen molar-refractivity contribution in [1.82, 2.24) is 19.7 Å². The van der Waals surface area contributed by atoms with Crippen molar-refractivity contribution in [3.63, 3.8) is 0 Å². The highest BCUT2D eigenvalue weighted by Gasteiger charge is 2.22. The second-order valence-corrected chi connectivity index (χ2v) is 7.42. The first kappa shape index (κ1) is 17.9. The maximum atomic E-state index is 12.8. The van der Waals surface area contributed by atoms with Gasteiger partial charge in [-0.25, -0.2) is 0 Å². The number of aromatic nitrogens is 3. The lowest BCUT2D eigenvalue weighted by molar-refractivity contribution is 0.0792.